The molecule has 1 aliphatic rings. The van der Waals surface area contributed by atoms with Crippen LogP contribution in [0.5, 0.6) is 17.2 Å². The Hall–Kier alpha value is -6.15. The number of likely N-dealkylation sites (tertiary alicyclic amines) is 1. The van der Waals surface area contributed by atoms with Crippen molar-refractivity contribution in [2.24, 2.45) is 16.1 Å². The minimum absolute atomic E-state index is 0.0881. The molecule has 2 atom stereocenters. The van der Waals surface area contributed by atoms with Crippen molar-refractivity contribution >= 4 is 40.5 Å². The highest BCUT2D eigenvalue weighted by atomic mass is 35.5. The van der Waals surface area contributed by atoms with Crippen LogP contribution < -0.4 is 25.8 Å². The summed E-state index contributed by atoms with van der Waals surface area (Å²) in [6, 6.07) is 19.0. The predicted octanol–water partition coefficient (Wildman–Crippen LogP) is 10.3. The highest BCUT2D eigenvalue weighted by Gasteiger charge is 2.41. The van der Waals surface area contributed by atoms with Crippen LogP contribution in [0.25, 0.3) is 21.6 Å². The quantitative estimate of drug-likeness (QED) is 0.0359. The average Bonchev–Trinajstić information content (AvgIpc) is 3.99. The molecule has 2 amide bonds. The zero-order valence-corrected chi connectivity index (χ0v) is 41.2. The Morgan fingerprint density at radius 3 is 2.28 bits per heavy atom. The van der Waals surface area contributed by atoms with Crippen LogP contribution in [-0.2, 0) is 33.7 Å². The van der Waals surface area contributed by atoms with Gasteiger partial charge in [0.05, 0.1) is 57.2 Å². The number of ether oxygens (including phenoxy) is 3. The first-order valence-corrected chi connectivity index (χ1v) is 23.8. The Morgan fingerprint density at radius 1 is 0.958 bits per heavy atom. The maximum Gasteiger partial charge on any atom is 0.430 e. The summed E-state index contributed by atoms with van der Waals surface area (Å²) in [6.45, 7) is 9.64. The summed E-state index contributed by atoms with van der Waals surface area (Å²) in [7, 11) is 1.17. The highest BCUT2D eigenvalue weighted by Crippen LogP contribution is 2.45. The van der Waals surface area contributed by atoms with Crippen molar-refractivity contribution in [1.82, 2.24) is 20.5 Å². The van der Waals surface area contributed by atoms with Gasteiger partial charge in [0.15, 0.2) is 0 Å². The van der Waals surface area contributed by atoms with Gasteiger partial charge in [0.25, 0.3) is 0 Å². The maximum absolute atomic E-state index is 14.0. The van der Waals surface area contributed by atoms with Gasteiger partial charge in [-0.15, -0.1) is 11.3 Å². The molecule has 71 heavy (non-hydrogen) atoms. The number of allylic oxidation sites excluding steroid dienone is 2. The molecule has 5 N–H and O–H groups in total. The molecule has 0 bridgehead atoms. The van der Waals surface area contributed by atoms with Crippen molar-refractivity contribution in [3.8, 4) is 38.8 Å². The molecule has 380 valence electrons. The molecule has 0 saturated carbocycles. The molecule has 0 radical (unpaired) electrons. The molecule has 5 aromatic rings. The van der Waals surface area contributed by atoms with Crippen LogP contribution in [0, 0.1) is 12.3 Å². The van der Waals surface area contributed by atoms with Crippen molar-refractivity contribution in [2.75, 3.05) is 40.0 Å². The third-order valence-electron chi connectivity index (χ3n) is 11.6. The number of thiazole rings is 1. The van der Waals surface area contributed by atoms with Crippen LogP contribution in [0.4, 0.5) is 26.3 Å². The number of benzene rings is 4. The lowest BCUT2D eigenvalue weighted by Crippen LogP contribution is -2.57. The van der Waals surface area contributed by atoms with Gasteiger partial charge < -0.3 is 40.6 Å². The fourth-order valence-electron chi connectivity index (χ4n) is 7.90. The minimum atomic E-state index is -4.91. The first kappa shape index (κ1) is 54.2. The van der Waals surface area contributed by atoms with E-state index in [1.54, 1.807) is 40.5 Å². The number of amides is 2. The highest BCUT2D eigenvalue weighted by molar-refractivity contribution is 7.13. The van der Waals surface area contributed by atoms with Crippen molar-refractivity contribution in [1.29, 1.82) is 0 Å². The van der Waals surface area contributed by atoms with E-state index >= 15 is 0 Å². The number of nitrogens with zero attached hydrogens (tertiary/aromatic N) is 3. The number of aryl methyl sites for hydroxylation is 1. The summed E-state index contributed by atoms with van der Waals surface area (Å²) in [4.78, 5) is 38.3. The summed E-state index contributed by atoms with van der Waals surface area (Å²) in [5.74, 6) is -0.623. The molecule has 0 spiro atoms. The molecule has 2 unspecified atom stereocenters. The lowest BCUT2D eigenvalue weighted by Gasteiger charge is -2.35. The number of phenols is 1. The zero-order valence-electron chi connectivity index (χ0n) is 39.6. The van der Waals surface area contributed by atoms with Crippen LogP contribution in [0.2, 0.25) is 5.02 Å². The summed E-state index contributed by atoms with van der Waals surface area (Å²) in [5, 5.41) is 17.2. The molecule has 1 aliphatic heterocycles. The Morgan fingerprint density at radius 2 is 1.65 bits per heavy atom. The van der Waals surface area contributed by atoms with E-state index in [1.165, 1.54) is 25.2 Å². The first-order chi connectivity index (χ1) is 33.6. The van der Waals surface area contributed by atoms with Gasteiger partial charge in [0, 0.05) is 32.2 Å². The number of alkyl halides is 6. The molecule has 20 heteroatoms. The van der Waals surface area contributed by atoms with E-state index in [4.69, 9.17) is 31.5 Å². The third kappa shape index (κ3) is 14.1. The normalized spacial score (nSPS) is 15.2. The SMILES string of the molecule is CN=C(C=C(N)C(F)(F)F)c1ccc(OCc2ccc(OCCOCCNC(C(=O)N3CCCC3C(=O)NCc3ccc(-c4scnc4C)cc3)C(C)(C)C)cc2)c(-c2ccc(Cl)c(C(F)(F)F)c2)c1O. The van der Waals surface area contributed by atoms with E-state index in [1.807, 2.05) is 57.5 Å². The molecule has 2 heterocycles. The monoisotopic (exact) mass is 1030 g/mol. The number of carbonyl (C=O) groups is 2. The molecule has 12 nitrogen and oxygen atoms in total. The van der Waals surface area contributed by atoms with Gasteiger partial charge in [-0.3, -0.25) is 14.6 Å². The number of hydrogen-bond acceptors (Lipinski definition) is 11. The molecule has 4 aromatic carbocycles. The number of aliphatic imine (C=N–C) groups is 1. The van der Waals surface area contributed by atoms with Crippen LogP contribution in [0.1, 0.15) is 61.6 Å². The van der Waals surface area contributed by atoms with Gasteiger partial charge in [0.1, 0.15) is 42.2 Å². The van der Waals surface area contributed by atoms with E-state index in [0.717, 1.165) is 34.2 Å². The van der Waals surface area contributed by atoms with Crippen molar-refractivity contribution < 1.29 is 55.2 Å². The summed E-state index contributed by atoms with van der Waals surface area (Å²) in [5.41, 5.74) is 6.38. The lowest BCUT2D eigenvalue weighted by atomic mass is 9.85. The smallest absolute Gasteiger partial charge is 0.430 e. The van der Waals surface area contributed by atoms with Crippen molar-refractivity contribution in [2.45, 2.75) is 78.1 Å². The van der Waals surface area contributed by atoms with E-state index in [9.17, 15) is 41.0 Å². The average molecular weight is 1030 g/mol. The van der Waals surface area contributed by atoms with Gasteiger partial charge in [0.2, 0.25) is 11.8 Å². The standard InChI is InChI=1S/C51H55ClF6N6O6S/c1-30-45(71-29-63-30)33-12-8-31(9-13-33)27-62-47(66)40-7-6-21-64(40)48(67)46(49(2,3)4)61-20-22-68-23-24-69-35-15-10-32(11-16-35)28-70-41-19-17-36(39(60-5)26-42(59)51(56,57)58)44(65)43(41)34-14-18-38(52)37(25-34)50(53,54)55/h8-19,25-26,29,40,46,61,65H,6-7,20-24,27-28,59H2,1-5H3,(H,62,66). The number of aromatic nitrogens is 1. The van der Waals surface area contributed by atoms with Crippen LogP contribution >= 0.6 is 22.9 Å². The van der Waals surface area contributed by atoms with Crippen LogP contribution in [0.15, 0.2) is 101 Å². The summed E-state index contributed by atoms with van der Waals surface area (Å²) in [6.07, 6.45) is -7.98. The molecule has 1 aromatic heterocycles. The van der Waals surface area contributed by atoms with Gasteiger partial charge in [-0.2, -0.15) is 26.3 Å². The second kappa shape index (κ2) is 23.4. The predicted molar refractivity (Wildman–Crippen MR) is 262 cm³/mol. The van der Waals surface area contributed by atoms with Crippen molar-refractivity contribution in [3.05, 3.63) is 129 Å². The van der Waals surface area contributed by atoms with Gasteiger partial charge in [-0.05, 0) is 89.9 Å². The number of carbonyl (C=O) groups excluding carboxylic acids is 2. The molecule has 6 rings (SSSR count). The summed E-state index contributed by atoms with van der Waals surface area (Å²) < 4.78 is 99.2. The topological polar surface area (TPSA) is 161 Å². The van der Waals surface area contributed by atoms with Gasteiger partial charge in [-0.1, -0.05) is 74.8 Å². The number of rotatable bonds is 19. The van der Waals surface area contributed by atoms with Crippen molar-refractivity contribution in [3.63, 3.8) is 0 Å². The molecular weight excluding hydrogens is 974 g/mol. The number of aromatic hydroxyl groups is 1. The number of nitrogens with two attached hydrogens (primary N) is 1. The molecule has 0 aliphatic carbocycles. The van der Waals surface area contributed by atoms with Crippen LogP contribution in [0.3, 0.4) is 0 Å². The fraction of sp³-hybridized carbons (Fsp3) is 0.373. The first-order valence-electron chi connectivity index (χ1n) is 22.5. The Labute approximate surface area is 416 Å². The second-order valence-corrected chi connectivity index (χ2v) is 19.0. The molecule has 1 saturated heterocycles. The van der Waals surface area contributed by atoms with Gasteiger partial charge >= 0.3 is 12.4 Å². The van der Waals surface area contributed by atoms with E-state index < -0.39 is 51.9 Å². The lowest BCUT2D eigenvalue weighted by molar-refractivity contribution is -0.142. The Balaban J connectivity index is 0.991. The Bertz CT molecular complexity index is 2700. The number of nitrogens with one attached hydrogen (secondary N) is 2. The largest absolute Gasteiger partial charge is 0.506 e. The number of halogens is 7. The molecule has 1 fully saturated rings. The minimum Gasteiger partial charge on any atom is -0.506 e. The van der Waals surface area contributed by atoms with E-state index in [2.05, 4.69) is 20.6 Å². The third-order valence-corrected chi connectivity index (χ3v) is 12.9. The maximum atomic E-state index is 14.0. The molecular formula is C51H55ClF6N6O6S. The van der Waals surface area contributed by atoms with Gasteiger partial charge in [-0.25, -0.2) is 4.98 Å². The fourth-order valence-corrected chi connectivity index (χ4v) is 8.94. The summed E-state index contributed by atoms with van der Waals surface area (Å²) >= 11 is 7.44. The number of hydrogen-bond donors (Lipinski definition) is 4. The Kier molecular flexibility index (Phi) is 17.8. The second-order valence-electron chi connectivity index (χ2n) is 17.8. The van der Waals surface area contributed by atoms with E-state index in [-0.39, 0.29) is 66.4 Å². The zero-order chi connectivity index (χ0) is 51.7. The van der Waals surface area contributed by atoms with Crippen LogP contribution in [-0.4, -0.2) is 90.7 Å². The van der Waals surface area contributed by atoms with E-state index in [0.29, 0.717) is 49.5 Å². The number of phenolic OH excluding ortho intramolecular Hbond substituents is 1.